The Morgan fingerprint density at radius 1 is 0.750 bits per heavy atom. The van der Waals surface area contributed by atoms with Crippen LogP contribution in [0.1, 0.15) is 113 Å². The maximum atomic E-state index is 10.9. The van der Waals surface area contributed by atoms with E-state index in [4.69, 9.17) is 0 Å². The van der Waals surface area contributed by atoms with Gasteiger partial charge in [-0.15, -0.1) is 0 Å². The number of aliphatic hydroxyl groups is 2. The molecular formula is C30H50O2. The minimum atomic E-state index is -0.143. The van der Waals surface area contributed by atoms with E-state index in [0.717, 1.165) is 18.8 Å². The molecular weight excluding hydrogens is 392 g/mol. The molecule has 0 bridgehead atoms. The van der Waals surface area contributed by atoms with Crippen LogP contribution in [0.15, 0.2) is 11.6 Å². The fraction of sp³-hybridized carbons (Fsp3) is 0.933. The fourth-order valence-corrected chi connectivity index (χ4v) is 10.7. The third-order valence-electron chi connectivity index (χ3n) is 13.2. The monoisotopic (exact) mass is 442 g/mol. The zero-order valence-corrected chi connectivity index (χ0v) is 22.1. The highest BCUT2D eigenvalue weighted by Gasteiger charge is 2.68. The molecule has 32 heavy (non-hydrogen) atoms. The van der Waals surface area contributed by atoms with E-state index >= 15 is 0 Å². The zero-order chi connectivity index (χ0) is 23.4. The Hall–Kier alpha value is -0.340. The van der Waals surface area contributed by atoms with Gasteiger partial charge in [0, 0.05) is 5.41 Å². The van der Waals surface area contributed by atoms with Crippen molar-refractivity contribution in [3.63, 3.8) is 0 Å². The number of aliphatic hydroxyl groups excluding tert-OH is 2. The second kappa shape index (κ2) is 6.87. The second-order valence-electron chi connectivity index (χ2n) is 15.0. The third-order valence-corrected chi connectivity index (χ3v) is 13.2. The number of allylic oxidation sites excluding steroid dienone is 1. The first kappa shape index (κ1) is 23.4. The van der Waals surface area contributed by atoms with Gasteiger partial charge in [-0.2, -0.15) is 0 Å². The average Bonchev–Trinajstić information content (AvgIpc) is 2.73. The normalized spacial score (nSPS) is 56.8. The van der Waals surface area contributed by atoms with Crippen LogP contribution in [-0.4, -0.2) is 22.9 Å². The van der Waals surface area contributed by atoms with Gasteiger partial charge in [-0.3, -0.25) is 0 Å². The molecule has 0 aromatic heterocycles. The summed E-state index contributed by atoms with van der Waals surface area (Å²) in [4.78, 5) is 0. The highest BCUT2D eigenvalue weighted by atomic mass is 16.3. The van der Waals surface area contributed by atoms with Crippen LogP contribution >= 0.6 is 0 Å². The summed E-state index contributed by atoms with van der Waals surface area (Å²) in [5, 5.41) is 21.1. The van der Waals surface area contributed by atoms with Gasteiger partial charge in [0.2, 0.25) is 0 Å². The summed E-state index contributed by atoms with van der Waals surface area (Å²) >= 11 is 0. The van der Waals surface area contributed by atoms with Gasteiger partial charge < -0.3 is 10.2 Å². The number of hydrogen-bond donors (Lipinski definition) is 2. The summed E-state index contributed by atoms with van der Waals surface area (Å²) in [5.74, 6) is 2.08. The first-order valence-electron chi connectivity index (χ1n) is 13.8. The Balaban J connectivity index is 1.56. The van der Waals surface area contributed by atoms with Crippen molar-refractivity contribution in [2.24, 2.45) is 50.2 Å². The maximum Gasteiger partial charge on any atom is 0.0594 e. The van der Waals surface area contributed by atoms with Crippen molar-refractivity contribution in [3.8, 4) is 0 Å². The van der Waals surface area contributed by atoms with Crippen molar-refractivity contribution in [1.29, 1.82) is 0 Å². The molecule has 4 saturated carbocycles. The van der Waals surface area contributed by atoms with Crippen LogP contribution in [0.4, 0.5) is 0 Å². The molecule has 0 amide bonds. The smallest absolute Gasteiger partial charge is 0.0594 e. The minimum absolute atomic E-state index is 0.0297. The van der Waals surface area contributed by atoms with Crippen LogP contribution in [0.3, 0.4) is 0 Å². The molecule has 2 N–H and O–H groups in total. The molecule has 5 aliphatic carbocycles. The summed E-state index contributed by atoms with van der Waals surface area (Å²) in [6.45, 7) is 17.8. The number of rotatable bonds is 1. The first-order valence-corrected chi connectivity index (χ1v) is 13.8. The minimum Gasteiger partial charge on any atom is -0.395 e. The van der Waals surface area contributed by atoms with Gasteiger partial charge in [-0.25, -0.2) is 0 Å². The topological polar surface area (TPSA) is 40.5 Å². The SMILES string of the molecule is CC1(C)[C@@H](O)CC[C@]2(C)[C@H]3CC[C@@H]4C5=C[C@](C)(CO)CC[C@]5(C)CC[C@@]4(C)[C@]3(C)CC[C@@H]12. The van der Waals surface area contributed by atoms with Gasteiger partial charge in [0.25, 0.3) is 0 Å². The molecule has 4 fully saturated rings. The zero-order valence-electron chi connectivity index (χ0n) is 22.1. The van der Waals surface area contributed by atoms with E-state index in [1.54, 1.807) is 5.57 Å². The molecule has 0 saturated heterocycles. The number of hydrogen-bond acceptors (Lipinski definition) is 2. The lowest BCUT2D eigenvalue weighted by Crippen LogP contribution is -2.65. The van der Waals surface area contributed by atoms with E-state index < -0.39 is 0 Å². The standard InChI is InChI=1S/C30H50O2/c1-25(2)22-10-13-30(7)23(28(22,5)12-11-24(25)32)9-8-20-21-18-26(3,19-31)14-15-27(21,4)16-17-29(20,30)6/h18,20,22-24,31-32H,8-17,19H2,1-7H3/t20-,22+,23-,24+,26-,27-,28+,29-,30-/m1/s1. The van der Waals surface area contributed by atoms with Gasteiger partial charge in [-0.1, -0.05) is 60.1 Å². The van der Waals surface area contributed by atoms with Gasteiger partial charge in [0.05, 0.1) is 12.7 Å². The molecule has 0 unspecified atom stereocenters. The van der Waals surface area contributed by atoms with E-state index in [0.29, 0.717) is 33.5 Å². The molecule has 0 radical (unpaired) electrons. The molecule has 0 aromatic carbocycles. The quantitative estimate of drug-likeness (QED) is 0.424. The predicted octanol–water partition coefficient (Wildman–Crippen LogP) is 7.14. The lowest BCUT2D eigenvalue weighted by atomic mass is 9.32. The van der Waals surface area contributed by atoms with Crippen LogP contribution < -0.4 is 0 Å². The Morgan fingerprint density at radius 3 is 2.12 bits per heavy atom. The molecule has 5 aliphatic rings. The molecule has 0 aliphatic heterocycles. The van der Waals surface area contributed by atoms with Crippen molar-refractivity contribution in [1.82, 2.24) is 0 Å². The van der Waals surface area contributed by atoms with Gasteiger partial charge in [-0.05, 0) is 109 Å². The molecule has 0 heterocycles. The average molecular weight is 443 g/mol. The molecule has 9 atom stereocenters. The van der Waals surface area contributed by atoms with E-state index in [1.807, 2.05) is 0 Å². The molecule has 0 aromatic rings. The summed E-state index contributed by atoms with van der Waals surface area (Å²) in [7, 11) is 0. The Bertz CT molecular complexity index is 814. The fourth-order valence-electron chi connectivity index (χ4n) is 10.7. The number of fused-ring (bicyclic) bond motifs is 7. The molecule has 182 valence electrons. The van der Waals surface area contributed by atoms with E-state index in [1.165, 1.54) is 51.4 Å². The highest BCUT2D eigenvalue weighted by Crippen LogP contribution is 2.76. The van der Waals surface area contributed by atoms with Crippen molar-refractivity contribution < 1.29 is 10.2 Å². The maximum absolute atomic E-state index is 10.9. The summed E-state index contributed by atoms with van der Waals surface area (Å²) < 4.78 is 0. The molecule has 0 spiro atoms. The summed E-state index contributed by atoms with van der Waals surface area (Å²) in [6, 6.07) is 0. The third kappa shape index (κ3) is 2.78. The van der Waals surface area contributed by atoms with E-state index in [2.05, 4.69) is 54.5 Å². The largest absolute Gasteiger partial charge is 0.395 e. The highest BCUT2D eigenvalue weighted by molar-refractivity contribution is 5.32. The van der Waals surface area contributed by atoms with Crippen LogP contribution in [0.2, 0.25) is 0 Å². The van der Waals surface area contributed by atoms with Gasteiger partial charge >= 0.3 is 0 Å². The van der Waals surface area contributed by atoms with Crippen molar-refractivity contribution in [3.05, 3.63) is 11.6 Å². The Kier molecular flexibility index (Phi) is 5.02. The van der Waals surface area contributed by atoms with Crippen LogP contribution in [-0.2, 0) is 0 Å². The Morgan fingerprint density at radius 2 is 1.44 bits per heavy atom. The molecule has 2 nitrogen and oxygen atoms in total. The molecule has 5 rings (SSSR count). The second-order valence-corrected chi connectivity index (χ2v) is 15.0. The lowest BCUT2D eigenvalue weighted by Gasteiger charge is -2.72. The molecule has 2 heteroatoms. The van der Waals surface area contributed by atoms with Crippen LogP contribution in [0.5, 0.6) is 0 Å². The van der Waals surface area contributed by atoms with E-state index in [9.17, 15) is 10.2 Å². The first-order chi connectivity index (χ1) is 14.8. The van der Waals surface area contributed by atoms with Crippen LogP contribution in [0.25, 0.3) is 0 Å². The summed E-state index contributed by atoms with van der Waals surface area (Å²) in [5.41, 5.74) is 3.15. The Labute approximate surface area is 197 Å². The van der Waals surface area contributed by atoms with Gasteiger partial charge in [0.1, 0.15) is 0 Å². The van der Waals surface area contributed by atoms with E-state index in [-0.39, 0.29) is 23.5 Å². The van der Waals surface area contributed by atoms with Gasteiger partial charge in [0.15, 0.2) is 0 Å². The van der Waals surface area contributed by atoms with Crippen molar-refractivity contribution >= 4 is 0 Å². The summed E-state index contributed by atoms with van der Waals surface area (Å²) in [6.07, 6.45) is 14.9. The van der Waals surface area contributed by atoms with Crippen LogP contribution in [0, 0.1) is 50.2 Å². The van der Waals surface area contributed by atoms with Crippen molar-refractivity contribution in [2.45, 2.75) is 119 Å². The lowest BCUT2D eigenvalue weighted by molar-refractivity contribution is -0.229. The van der Waals surface area contributed by atoms with Crippen molar-refractivity contribution in [2.75, 3.05) is 6.61 Å². The predicted molar refractivity (Wildman–Crippen MR) is 132 cm³/mol.